The lowest BCUT2D eigenvalue weighted by Gasteiger charge is -2.13. The first-order valence-corrected chi connectivity index (χ1v) is 9.04. The summed E-state index contributed by atoms with van der Waals surface area (Å²) in [6.45, 7) is 2.62. The van der Waals surface area contributed by atoms with Crippen molar-refractivity contribution in [1.29, 1.82) is 0 Å². The molecule has 0 aliphatic rings. The Labute approximate surface area is 165 Å². The molecule has 0 bridgehead atoms. The van der Waals surface area contributed by atoms with Crippen LogP contribution in [0.1, 0.15) is 21.5 Å². The number of rotatable bonds is 6. The molecular formula is C19H19BrN6O. The van der Waals surface area contributed by atoms with E-state index in [-0.39, 0.29) is 5.91 Å². The number of hydrogen-bond donors (Lipinski definition) is 4. The van der Waals surface area contributed by atoms with E-state index in [1.807, 2.05) is 31.2 Å². The van der Waals surface area contributed by atoms with Crippen molar-refractivity contribution >= 4 is 39.2 Å². The molecule has 7 nitrogen and oxygen atoms in total. The highest BCUT2D eigenvalue weighted by Gasteiger charge is 2.10. The highest BCUT2D eigenvalue weighted by atomic mass is 79.9. The standard InChI is InChI=1S/C19H19BrN6O/c1-12-2-4-13(5-3-12)10-22-17-16(21)18(24-11-23-17)25-26-19(27)14-6-8-15(20)9-7-14/h2-9,11H,10,21H2,1H3,(H,26,27)(H2,22,23,24,25). The Morgan fingerprint density at radius 3 is 2.41 bits per heavy atom. The van der Waals surface area contributed by atoms with Crippen LogP contribution in [0.2, 0.25) is 0 Å². The van der Waals surface area contributed by atoms with Gasteiger partial charge in [0.1, 0.15) is 12.0 Å². The van der Waals surface area contributed by atoms with Gasteiger partial charge in [0.15, 0.2) is 11.6 Å². The van der Waals surface area contributed by atoms with E-state index in [0.717, 1.165) is 10.0 Å². The molecule has 0 fully saturated rings. The molecule has 2 aromatic carbocycles. The number of anilines is 3. The van der Waals surface area contributed by atoms with Crippen molar-refractivity contribution in [2.45, 2.75) is 13.5 Å². The van der Waals surface area contributed by atoms with E-state index in [2.05, 4.69) is 42.1 Å². The number of benzene rings is 2. The number of amides is 1. The van der Waals surface area contributed by atoms with Crippen molar-refractivity contribution in [2.24, 2.45) is 0 Å². The third kappa shape index (κ3) is 4.95. The maximum Gasteiger partial charge on any atom is 0.269 e. The van der Waals surface area contributed by atoms with E-state index in [0.29, 0.717) is 29.4 Å². The van der Waals surface area contributed by atoms with Gasteiger partial charge < -0.3 is 11.1 Å². The highest BCUT2D eigenvalue weighted by molar-refractivity contribution is 9.10. The van der Waals surface area contributed by atoms with E-state index in [9.17, 15) is 4.79 Å². The van der Waals surface area contributed by atoms with Crippen LogP contribution in [0.5, 0.6) is 0 Å². The second-order valence-electron chi connectivity index (χ2n) is 5.91. The summed E-state index contributed by atoms with van der Waals surface area (Å²) in [6, 6.07) is 15.2. The number of nitrogens with two attached hydrogens (primary N) is 1. The lowest BCUT2D eigenvalue weighted by atomic mass is 10.1. The average molecular weight is 427 g/mol. The minimum atomic E-state index is -0.297. The number of aryl methyl sites for hydroxylation is 1. The number of carbonyl (C=O) groups is 1. The molecule has 8 heteroatoms. The van der Waals surface area contributed by atoms with Gasteiger partial charge in [-0.1, -0.05) is 45.8 Å². The van der Waals surface area contributed by atoms with Crippen molar-refractivity contribution in [3.05, 3.63) is 76.0 Å². The summed E-state index contributed by atoms with van der Waals surface area (Å²) in [5, 5.41) is 3.18. The maximum absolute atomic E-state index is 12.2. The van der Waals surface area contributed by atoms with Crippen LogP contribution < -0.4 is 21.9 Å². The van der Waals surface area contributed by atoms with Crippen LogP contribution in [0, 0.1) is 6.92 Å². The summed E-state index contributed by atoms with van der Waals surface area (Å²) in [7, 11) is 0. The van der Waals surface area contributed by atoms with Gasteiger partial charge in [-0.25, -0.2) is 9.97 Å². The quantitative estimate of drug-likeness (QED) is 0.449. The number of nitrogen functional groups attached to an aromatic ring is 1. The zero-order chi connectivity index (χ0) is 19.2. The minimum Gasteiger partial charge on any atom is -0.393 e. The first kappa shape index (κ1) is 18.7. The molecule has 0 aliphatic carbocycles. The SMILES string of the molecule is Cc1ccc(CNc2ncnc(NNC(=O)c3ccc(Br)cc3)c2N)cc1. The van der Waals surface area contributed by atoms with Crippen molar-refractivity contribution in [3.63, 3.8) is 0 Å². The Hall–Kier alpha value is -3.13. The normalized spacial score (nSPS) is 10.3. The number of aromatic nitrogens is 2. The lowest BCUT2D eigenvalue weighted by Crippen LogP contribution is -2.30. The van der Waals surface area contributed by atoms with Crippen LogP contribution in [0.4, 0.5) is 17.3 Å². The zero-order valence-corrected chi connectivity index (χ0v) is 16.2. The molecule has 0 aliphatic heterocycles. The highest BCUT2D eigenvalue weighted by Crippen LogP contribution is 2.22. The van der Waals surface area contributed by atoms with Gasteiger partial charge in [-0.15, -0.1) is 0 Å². The molecular weight excluding hydrogens is 408 g/mol. The van der Waals surface area contributed by atoms with Crippen LogP contribution in [0.15, 0.2) is 59.3 Å². The van der Waals surface area contributed by atoms with Gasteiger partial charge >= 0.3 is 0 Å². The monoisotopic (exact) mass is 426 g/mol. The number of nitrogens with one attached hydrogen (secondary N) is 3. The van der Waals surface area contributed by atoms with E-state index < -0.39 is 0 Å². The molecule has 0 atom stereocenters. The Morgan fingerprint density at radius 1 is 1.04 bits per heavy atom. The van der Waals surface area contributed by atoms with Crippen LogP contribution in [0.3, 0.4) is 0 Å². The van der Waals surface area contributed by atoms with Gasteiger partial charge in [0.05, 0.1) is 0 Å². The van der Waals surface area contributed by atoms with Crippen LogP contribution in [-0.4, -0.2) is 15.9 Å². The Balaban J connectivity index is 1.63. The smallest absolute Gasteiger partial charge is 0.269 e. The van der Waals surface area contributed by atoms with Crippen LogP contribution in [-0.2, 0) is 6.54 Å². The van der Waals surface area contributed by atoms with Gasteiger partial charge in [-0.3, -0.25) is 15.6 Å². The molecule has 0 saturated heterocycles. The molecule has 0 saturated carbocycles. The topological polar surface area (TPSA) is 105 Å². The number of halogens is 1. The maximum atomic E-state index is 12.2. The van der Waals surface area contributed by atoms with E-state index in [1.54, 1.807) is 24.3 Å². The molecule has 27 heavy (non-hydrogen) atoms. The molecule has 3 aromatic rings. The summed E-state index contributed by atoms with van der Waals surface area (Å²) in [6.07, 6.45) is 1.38. The van der Waals surface area contributed by atoms with Gasteiger partial charge in [0.25, 0.3) is 5.91 Å². The predicted octanol–water partition coefficient (Wildman–Crippen LogP) is 3.50. The summed E-state index contributed by atoms with van der Waals surface area (Å²) in [5.41, 5.74) is 14.6. The first-order chi connectivity index (χ1) is 13.0. The second kappa shape index (κ2) is 8.50. The van der Waals surface area contributed by atoms with E-state index in [1.165, 1.54) is 11.9 Å². The largest absolute Gasteiger partial charge is 0.393 e. The molecule has 1 amide bonds. The second-order valence-corrected chi connectivity index (χ2v) is 6.83. The number of hydrogen-bond acceptors (Lipinski definition) is 6. The molecule has 1 aromatic heterocycles. The fourth-order valence-electron chi connectivity index (χ4n) is 2.32. The summed E-state index contributed by atoms with van der Waals surface area (Å²) in [5.74, 6) is 0.516. The Morgan fingerprint density at radius 2 is 1.70 bits per heavy atom. The van der Waals surface area contributed by atoms with Crippen molar-refractivity contribution in [3.8, 4) is 0 Å². The number of carbonyl (C=O) groups excluding carboxylic acids is 1. The summed E-state index contributed by atoms with van der Waals surface area (Å²) < 4.78 is 0.899. The van der Waals surface area contributed by atoms with Gasteiger partial charge in [-0.2, -0.15) is 0 Å². The van der Waals surface area contributed by atoms with E-state index in [4.69, 9.17) is 5.73 Å². The van der Waals surface area contributed by atoms with Crippen LogP contribution in [0.25, 0.3) is 0 Å². The molecule has 138 valence electrons. The molecule has 5 N–H and O–H groups in total. The van der Waals surface area contributed by atoms with E-state index >= 15 is 0 Å². The Kier molecular flexibility index (Phi) is 5.87. The Bertz CT molecular complexity index is 928. The molecule has 0 radical (unpaired) electrons. The average Bonchev–Trinajstić information content (AvgIpc) is 2.68. The number of nitrogens with zero attached hydrogens (tertiary/aromatic N) is 2. The predicted molar refractivity (Wildman–Crippen MR) is 110 cm³/mol. The molecule has 3 rings (SSSR count). The minimum absolute atomic E-state index is 0.297. The van der Waals surface area contributed by atoms with Gasteiger partial charge in [0.2, 0.25) is 0 Å². The zero-order valence-electron chi connectivity index (χ0n) is 14.7. The number of hydrazine groups is 1. The van der Waals surface area contributed by atoms with Gasteiger partial charge in [-0.05, 0) is 36.8 Å². The third-order valence-electron chi connectivity index (χ3n) is 3.87. The van der Waals surface area contributed by atoms with Gasteiger partial charge in [0, 0.05) is 16.6 Å². The summed E-state index contributed by atoms with van der Waals surface area (Å²) >= 11 is 3.33. The fourth-order valence-corrected chi connectivity index (χ4v) is 2.58. The molecule has 1 heterocycles. The molecule has 0 unspecified atom stereocenters. The third-order valence-corrected chi connectivity index (χ3v) is 4.39. The fraction of sp³-hybridized carbons (Fsp3) is 0.105. The summed E-state index contributed by atoms with van der Waals surface area (Å²) in [4.78, 5) is 20.4. The first-order valence-electron chi connectivity index (χ1n) is 8.25. The van der Waals surface area contributed by atoms with Crippen LogP contribution >= 0.6 is 15.9 Å². The van der Waals surface area contributed by atoms with Crippen molar-refractivity contribution in [2.75, 3.05) is 16.5 Å². The molecule has 0 spiro atoms. The van der Waals surface area contributed by atoms with Crippen molar-refractivity contribution in [1.82, 2.24) is 15.4 Å². The van der Waals surface area contributed by atoms with Crippen molar-refractivity contribution < 1.29 is 4.79 Å². The lowest BCUT2D eigenvalue weighted by molar-refractivity contribution is 0.0962.